The molecule has 1 aliphatic rings. The van der Waals surface area contributed by atoms with Crippen LogP contribution in [0.2, 0.25) is 0 Å². The summed E-state index contributed by atoms with van der Waals surface area (Å²) in [5.74, 6) is 0.812. The van der Waals surface area contributed by atoms with Gasteiger partial charge in [-0.2, -0.15) is 0 Å². The van der Waals surface area contributed by atoms with Crippen LogP contribution >= 0.6 is 0 Å². The monoisotopic (exact) mass is 234 g/mol. The minimum absolute atomic E-state index is 0.122. The zero-order valence-corrected chi connectivity index (χ0v) is 9.82. The first kappa shape index (κ1) is 11.8. The summed E-state index contributed by atoms with van der Waals surface area (Å²) in [4.78, 5) is 11.4. The fourth-order valence-electron chi connectivity index (χ4n) is 1.55. The minimum atomic E-state index is 0.122. The number of benzene rings is 1. The van der Waals surface area contributed by atoms with Crippen molar-refractivity contribution in [3.63, 3.8) is 0 Å². The van der Waals surface area contributed by atoms with Crippen molar-refractivity contribution in [2.75, 3.05) is 12.3 Å². The largest absolute Gasteiger partial charge is 0.491 e. The summed E-state index contributed by atoms with van der Waals surface area (Å²) in [6.45, 7) is 0.520. The van der Waals surface area contributed by atoms with Gasteiger partial charge >= 0.3 is 0 Å². The van der Waals surface area contributed by atoms with E-state index in [0.717, 1.165) is 12.8 Å². The number of carbonyl (C=O) groups is 1. The quantitative estimate of drug-likeness (QED) is 0.581. The van der Waals surface area contributed by atoms with E-state index < -0.39 is 0 Å². The fraction of sp³-hybridized carbons (Fsp3) is 0.462. The molecule has 4 nitrogen and oxygen atoms in total. The van der Waals surface area contributed by atoms with E-state index in [2.05, 4.69) is 5.32 Å². The molecule has 0 radical (unpaired) electrons. The summed E-state index contributed by atoms with van der Waals surface area (Å²) < 4.78 is 5.50. The van der Waals surface area contributed by atoms with Gasteiger partial charge in [0.1, 0.15) is 5.75 Å². The molecule has 0 spiro atoms. The molecule has 0 heterocycles. The average Bonchev–Trinajstić information content (AvgIpc) is 3.10. The van der Waals surface area contributed by atoms with Crippen molar-refractivity contribution in [2.45, 2.75) is 31.7 Å². The Morgan fingerprint density at radius 2 is 2.18 bits per heavy atom. The van der Waals surface area contributed by atoms with Crippen molar-refractivity contribution in [3.8, 4) is 5.75 Å². The Kier molecular flexibility index (Phi) is 3.85. The Morgan fingerprint density at radius 3 is 2.88 bits per heavy atom. The van der Waals surface area contributed by atoms with E-state index in [1.54, 1.807) is 6.07 Å². The number of anilines is 1. The number of nitrogen functional groups attached to an aromatic ring is 1. The maximum atomic E-state index is 11.4. The highest BCUT2D eigenvalue weighted by Crippen LogP contribution is 2.20. The molecular formula is C13H18N2O2. The van der Waals surface area contributed by atoms with E-state index in [4.69, 9.17) is 10.5 Å². The number of hydrogen-bond donors (Lipinski definition) is 2. The number of nitrogens with one attached hydrogen (secondary N) is 1. The van der Waals surface area contributed by atoms with E-state index in [-0.39, 0.29) is 5.91 Å². The summed E-state index contributed by atoms with van der Waals surface area (Å²) in [6.07, 6.45) is 3.49. The molecule has 0 unspecified atom stereocenters. The third kappa shape index (κ3) is 3.98. The molecule has 1 aromatic rings. The maximum Gasteiger partial charge on any atom is 0.220 e. The van der Waals surface area contributed by atoms with Crippen LogP contribution in [0.5, 0.6) is 5.75 Å². The van der Waals surface area contributed by atoms with Crippen molar-refractivity contribution in [2.24, 2.45) is 0 Å². The lowest BCUT2D eigenvalue weighted by Gasteiger charge is -2.08. The lowest BCUT2D eigenvalue weighted by Crippen LogP contribution is -2.25. The van der Waals surface area contributed by atoms with Gasteiger partial charge in [-0.25, -0.2) is 0 Å². The summed E-state index contributed by atoms with van der Waals surface area (Å²) >= 11 is 0. The molecule has 0 bridgehead atoms. The van der Waals surface area contributed by atoms with Gasteiger partial charge < -0.3 is 15.8 Å². The molecule has 1 fully saturated rings. The molecule has 17 heavy (non-hydrogen) atoms. The molecule has 1 saturated carbocycles. The first-order chi connectivity index (χ1) is 8.25. The Labute approximate surface area is 101 Å². The van der Waals surface area contributed by atoms with Gasteiger partial charge in [0.05, 0.1) is 12.3 Å². The third-order valence-corrected chi connectivity index (χ3v) is 2.67. The number of nitrogens with two attached hydrogens (primary N) is 1. The summed E-state index contributed by atoms with van der Waals surface area (Å²) in [6, 6.07) is 7.82. The van der Waals surface area contributed by atoms with Gasteiger partial charge in [-0.1, -0.05) is 12.1 Å². The summed E-state index contributed by atoms with van der Waals surface area (Å²) in [5.41, 5.74) is 6.37. The maximum absolute atomic E-state index is 11.4. The number of carbonyl (C=O) groups excluding carboxylic acids is 1. The van der Waals surface area contributed by atoms with E-state index in [0.29, 0.717) is 36.9 Å². The van der Waals surface area contributed by atoms with Crippen LogP contribution in [0, 0.1) is 0 Å². The van der Waals surface area contributed by atoms with Crippen molar-refractivity contribution >= 4 is 11.6 Å². The molecule has 2 rings (SSSR count). The van der Waals surface area contributed by atoms with Gasteiger partial charge in [0.2, 0.25) is 5.91 Å². The van der Waals surface area contributed by atoms with Crippen LogP contribution in [0.3, 0.4) is 0 Å². The van der Waals surface area contributed by atoms with Crippen LogP contribution in [0.1, 0.15) is 25.7 Å². The Bertz CT molecular complexity index is 389. The lowest BCUT2D eigenvalue weighted by atomic mass is 10.3. The lowest BCUT2D eigenvalue weighted by molar-refractivity contribution is -0.121. The van der Waals surface area contributed by atoms with Gasteiger partial charge in [0, 0.05) is 12.5 Å². The van der Waals surface area contributed by atoms with Gasteiger partial charge in [-0.05, 0) is 31.4 Å². The number of para-hydroxylation sites is 2. The number of rotatable bonds is 6. The van der Waals surface area contributed by atoms with Crippen molar-refractivity contribution in [3.05, 3.63) is 24.3 Å². The van der Waals surface area contributed by atoms with Crippen LogP contribution in [0.4, 0.5) is 5.69 Å². The second kappa shape index (κ2) is 5.57. The zero-order chi connectivity index (χ0) is 12.1. The second-order valence-electron chi connectivity index (χ2n) is 4.33. The molecule has 0 aliphatic heterocycles. The van der Waals surface area contributed by atoms with Crippen LogP contribution in [0.15, 0.2) is 24.3 Å². The smallest absolute Gasteiger partial charge is 0.220 e. The number of amides is 1. The van der Waals surface area contributed by atoms with Crippen molar-refractivity contribution < 1.29 is 9.53 Å². The molecule has 1 aromatic carbocycles. The fourth-order valence-corrected chi connectivity index (χ4v) is 1.55. The van der Waals surface area contributed by atoms with Gasteiger partial charge in [0.25, 0.3) is 0 Å². The molecule has 4 heteroatoms. The summed E-state index contributed by atoms with van der Waals surface area (Å²) in [7, 11) is 0. The van der Waals surface area contributed by atoms with Crippen LogP contribution < -0.4 is 15.8 Å². The normalized spacial score (nSPS) is 14.4. The third-order valence-electron chi connectivity index (χ3n) is 2.67. The second-order valence-corrected chi connectivity index (χ2v) is 4.33. The molecule has 0 saturated heterocycles. The SMILES string of the molecule is Nc1ccccc1OCCCC(=O)NC1CC1. The Morgan fingerprint density at radius 1 is 1.41 bits per heavy atom. The molecule has 1 amide bonds. The number of hydrogen-bond acceptors (Lipinski definition) is 3. The molecule has 3 N–H and O–H groups in total. The van der Waals surface area contributed by atoms with Gasteiger partial charge in [0.15, 0.2) is 0 Å². The standard InChI is InChI=1S/C13H18N2O2/c14-11-4-1-2-5-12(11)17-9-3-6-13(16)15-10-7-8-10/h1-2,4-5,10H,3,6-9,14H2,(H,15,16). The molecule has 1 aliphatic carbocycles. The highest BCUT2D eigenvalue weighted by Gasteiger charge is 2.22. The van der Waals surface area contributed by atoms with E-state index >= 15 is 0 Å². The topological polar surface area (TPSA) is 64.3 Å². The molecule has 92 valence electrons. The van der Waals surface area contributed by atoms with Gasteiger partial charge in [-0.15, -0.1) is 0 Å². The Hall–Kier alpha value is -1.71. The molecule has 0 aromatic heterocycles. The highest BCUT2D eigenvalue weighted by atomic mass is 16.5. The minimum Gasteiger partial charge on any atom is -0.491 e. The van der Waals surface area contributed by atoms with Crippen molar-refractivity contribution in [1.29, 1.82) is 0 Å². The predicted octanol–water partition coefficient (Wildman–Crippen LogP) is 1.71. The van der Waals surface area contributed by atoms with E-state index in [1.807, 2.05) is 18.2 Å². The van der Waals surface area contributed by atoms with E-state index in [9.17, 15) is 4.79 Å². The predicted molar refractivity (Wildman–Crippen MR) is 66.7 cm³/mol. The van der Waals surface area contributed by atoms with Crippen molar-refractivity contribution in [1.82, 2.24) is 5.32 Å². The van der Waals surface area contributed by atoms with Crippen LogP contribution in [0.25, 0.3) is 0 Å². The molecule has 0 atom stereocenters. The van der Waals surface area contributed by atoms with Gasteiger partial charge in [-0.3, -0.25) is 4.79 Å². The first-order valence-electron chi connectivity index (χ1n) is 6.02. The van der Waals surface area contributed by atoms with E-state index in [1.165, 1.54) is 0 Å². The molecular weight excluding hydrogens is 216 g/mol. The summed E-state index contributed by atoms with van der Waals surface area (Å²) in [5, 5.41) is 2.94. The highest BCUT2D eigenvalue weighted by molar-refractivity contribution is 5.76. The average molecular weight is 234 g/mol. The van der Waals surface area contributed by atoms with Crippen LogP contribution in [-0.2, 0) is 4.79 Å². The first-order valence-corrected chi connectivity index (χ1v) is 6.02. The van der Waals surface area contributed by atoms with Crippen LogP contribution in [-0.4, -0.2) is 18.6 Å². The zero-order valence-electron chi connectivity index (χ0n) is 9.82. The Balaban J connectivity index is 1.62. The number of ether oxygens (including phenoxy) is 1.